The summed E-state index contributed by atoms with van der Waals surface area (Å²) in [5, 5.41) is 0. The number of methoxy groups -OCH3 is 1. The highest BCUT2D eigenvalue weighted by molar-refractivity contribution is 5.82. The van der Waals surface area contributed by atoms with E-state index < -0.39 is 0 Å². The summed E-state index contributed by atoms with van der Waals surface area (Å²) in [6.45, 7) is 4.78. The lowest BCUT2D eigenvalue weighted by Gasteiger charge is -2.61. The second kappa shape index (κ2) is 6.09. The molecule has 0 spiro atoms. The summed E-state index contributed by atoms with van der Waals surface area (Å²) >= 11 is 0. The van der Waals surface area contributed by atoms with Crippen LogP contribution < -0.4 is 4.74 Å². The molecule has 0 aromatic heterocycles. The first-order valence-corrected chi connectivity index (χ1v) is 10.5. The van der Waals surface area contributed by atoms with E-state index in [0.29, 0.717) is 23.7 Å². The molecule has 1 heterocycles. The van der Waals surface area contributed by atoms with Crippen molar-refractivity contribution in [2.24, 2.45) is 17.8 Å². The monoisotopic (exact) mass is 353 g/mol. The van der Waals surface area contributed by atoms with Crippen LogP contribution >= 0.6 is 0 Å². The van der Waals surface area contributed by atoms with Crippen molar-refractivity contribution < 1.29 is 9.53 Å². The van der Waals surface area contributed by atoms with Crippen molar-refractivity contribution in [3.8, 4) is 5.75 Å². The molecular weight excluding hydrogens is 322 g/mol. The van der Waals surface area contributed by atoms with E-state index in [1.54, 1.807) is 7.11 Å². The maximum atomic E-state index is 12.7. The molecule has 3 fully saturated rings. The van der Waals surface area contributed by atoms with Gasteiger partial charge in [-0.1, -0.05) is 19.4 Å². The van der Waals surface area contributed by atoms with Gasteiger partial charge in [-0.3, -0.25) is 9.69 Å². The molecule has 0 N–H and O–H groups in total. The maximum absolute atomic E-state index is 12.7. The Bertz CT molecular complexity index is 725. The molecule has 3 nitrogen and oxygen atoms in total. The average Bonchev–Trinajstić information content (AvgIpc) is 2.58. The number of fused-ring (bicyclic) bond motifs is 1. The number of benzene rings is 1. The Hall–Kier alpha value is -1.35. The number of Topliss-reactive ketones (excluding diaryl/α,β-unsaturated/α-hetero) is 1. The van der Waals surface area contributed by atoms with Crippen molar-refractivity contribution >= 4 is 5.78 Å². The largest absolute Gasteiger partial charge is 0.497 e. The van der Waals surface area contributed by atoms with Crippen LogP contribution in [0.1, 0.15) is 56.6 Å². The fourth-order valence-corrected chi connectivity index (χ4v) is 6.76. The number of piperidine rings is 1. The zero-order valence-corrected chi connectivity index (χ0v) is 16.2. The summed E-state index contributed by atoms with van der Waals surface area (Å²) in [5.41, 5.74) is 2.95. The summed E-state index contributed by atoms with van der Waals surface area (Å²) < 4.78 is 5.55. The van der Waals surface area contributed by atoms with Gasteiger partial charge >= 0.3 is 0 Å². The first kappa shape index (κ1) is 16.8. The molecule has 0 radical (unpaired) electrons. The summed E-state index contributed by atoms with van der Waals surface area (Å²) in [7, 11) is 1.75. The molecule has 1 saturated heterocycles. The van der Waals surface area contributed by atoms with Crippen molar-refractivity contribution in [2.75, 3.05) is 20.2 Å². The van der Waals surface area contributed by atoms with Crippen LogP contribution in [0.4, 0.5) is 0 Å². The molecule has 2 bridgehead atoms. The fraction of sp³-hybridized carbons (Fsp3) is 0.696. The summed E-state index contributed by atoms with van der Waals surface area (Å²) in [6.07, 6.45) is 8.06. The SMILES string of the molecule is COc1ccc2c(c1)[C@]13CCN(CC4CCC4)[C@H](C2)[C@@H]1[C@@H](C)CC(=O)C3. The van der Waals surface area contributed by atoms with Crippen molar-refractivity contribution in [3.63, 3.8) is 0 Å². The molecule has 0 unspecified atom stereocenters. The van der Waals surface area contributed by atoms with Gasteiger partial charge in [0, 0.05) is 30.8 Å². The van der Waals surface area contributed by atoms with E-state index in [-0.39, 0.29) is 5.41 Å². The molecule has 4 atom stereocenters. The van der Waals surface area contributed by atoms with Gasteiger partial charge in [0.25, 0.3) is 0 Å². The summed E-state index contributed by atoms with van der Waals surface area (Å²) in [5.74, 6) is 3.44. The average molecular weight is 354 g/mol. The number of ketones is 1. The van der Waals surface area contributed by atoms with E-state index in [1.807, 2.05) is 0 Å². The number of hydrogen-bond acceptors (Lipinski definition) is 3. The minimum absolute atomic E-state index is 0.0532. The Balaban J connectivity index is 1.58. The zero-order valence-electron chi connectivity index (χ0n) is 16.2. The van der Waals surface area contributed by atoms with Gasteiger partial charge in [0.2, 0.25) is 0 Å². The van der Waals surface area contributed by atoms with Gasteiger partial charge in [0.05, 0.1) is 7.11 Å². The van der Waals surface area contributed by atoms with Crippen molar-refractivity contribution in [1.29, 1.82) is 0 Å². The van der Waals surface area contributed by atoms with Gasteiger partial charge in [-0.25, -0.2) is 0 Å². The second-order valence-corrected chi connectivity index (χ2v) is 9.42. The number of nitrogens with zero attached hydrogens (tertiary/aromatic N) is 1. The number of likely N-dealkylation sites (tertiary alicyclic amines) is 1. The van der Waals surface area contributed by atoms with Crippen molar-refractivity contribution in [2.45, 2.75) is 63.3 Å². The molecule has 26 heavy (non-hydrogen) atoms. The van der Waals surface area contributed by atoms with Gasteiger partial charge in [0.1, 0.15) is 11.5 Å². The van der Waals surface area contributed by atoms with Gasteiger partial charge in [0.15, 0.2) is 0 Å². The minimum Gasteiger partial charge on any atom is -0.497 e. The van der Waals surface area contributed by atoms with E-state index in [0.717, 1.165) is 43.9 Å². The van der Waals surface area contributed by atoms with E-state index in [2.05, 4.69) is 30.0 Å². The highest BCUT2D eigenvalue weighted by Gasteiger charge is 2.58. The van der Waals surface area contributed by atoms with Crippen LogP contribution in [0.2, 0.25) is 0 Å². The summed E-state index contributed by atoms with van der Waals surface area (Å²) in [6, 6.07) is 7.25. The number of ether oxygens (including phenoxy) is 1. The molecule has 140 valence electrons. The van der Waals surface area contributed by atoms with Crippen molar-refractivity contribution in [3.05, 3.63) is 29.3 Å². The third-order valence-corrected chi connectivity index (χ3v) is 8.04. The molecule has 1 aromatic rings. The van der Waals surface area contributed by atoms with Crippen molar-refractivity contribution in [1.82, 2.24) is 4.90 Å². The minimum atomic E-state index is 0.0532. The standard InChI is InChI=1S/C23H31NO2/c1-15-10-18(25)13-23-8-9-24(14-16-4-3-5-16)21(22(15)23)11-17-6-7-19(26-2)12-20(17)23/h6-7,12,15-16,21-22H,3-5,8-11,13-14H2,1-2H3/t15-,21+,22-,23+/m0/s1. The first-order chi connectivity index (χ1) is 12.6. The number of hydrogen-bond donors (Lipinski definition) is 0. The quantitative estimate of drug-likeness (QED) is 0.823. The number of rotatable bonds is 3. The fourth-order valence-electron chi connectivity index (χ4n) is 6.76. The Kier molecular flexibility index (Phi) is 3.93. The Morgan fingerprint density at radius 2 is 2.12 bits per heavy atom. The maximum Gasteiger partial charge on any atom is 0.134 e. The Morgan fingerprint density at radius 3 is 2.85 bits per heavy atom. The molecule has 5 rings (SSSR count). The molecule has 3 heteroatoms. The van der Waals surface area contributed by atoms with Gasteiger partial charge in [-0.15, -0.1) is 0 Å². The van der Waals surface area contributed by atoms with Crippen LogP contribution in [0.5, 0.6) is 5.75 Å². The second-order valence-electron chi connectivity index (χ2n) is 9.42. The van der Waals surface area contributed by atoms with Crippen LogP contribution in [-0.4, -0.2) is 36.9 Å². The lowest BCUT2D eigenvalue weighted by molar-refractivity contribution is -0.131. The van der Waals surface area contributed by atoms with Crippen LogP contribution in [0, 0.1) is 17.8 Å². The third-order valence-electron chi connectivity index (χ3n) is 8.04. The molecule has 1 aromatic carbocycles. The molecule has 0 amide bonds. The number of carbonyl (C=O) groups excluding carboxylic acids is 1. The number of carbonyl (C=O) groups is 1. The zero-order chi connectivity index (χ0) is 17.9. The molecule has 4 aliphatic rings. The van der Waals surface area contributed by atoms with E-state index in [9.17, 15) is 4.79 Å². The van der Waals surface area contributed by atoms with Crippen LogP contribution in [0.3, 0.4) is 0 Å². The lowest BCUT2D eigenvalue weighted by atomic mass is 9.49. The van der Waals surface area contributed by atoms with E-state index in [1.165, 1.54) is 36.9 Å². The lowest BCUT2D eigenvalue weighted by Crippen LogP contribution is -2.64. The molecular formula is C23H31NO2. The normalized spacial score (nSPS) is 36.8. The Labute approximate surface area is 157 Å². The Morgan fingerprint density at radius 1 is 1.27 bits per heavy atom. The summed E-state index contributed by atoms with van der Waals surface area (Å²) in [4.78, 5) is 15.5. The molecule has 1 aliphatic heterocycles. The molecule has 2 saturated carbocycles. The van der Waals surface area contributed by atoms with Gasteiger partial charge in [-0.2, -0.15) is 0 Å². The third kappa shape index (κ3) is 2.39. The molecule has 3 aliphatic carbocycles. The van der Waals surface area contributed by atoms with Gasteiger partial charge < -0.3 is 4.74 Å². The highest BCUT2D eigenvalue weighted by atomic mass is 16.5. The smallest absolute Gasteiger partial charge is 0.134 e. The topological polar surface area (TPSA) is 29.5 Å². The highest BCUT2D eigenvalue weighted by Crippen LogP contribution is 2.57. The first-order valence-electron chi connectivity index (χ1n) is 10.5. The van der Waals surface area contributed by atoms with Gasteiger partial charge in [-0.05, 0) is 73.2 Å². The predicted molar refractivity (Wildman–Crippen MR) is 103 cm³/mol. The van der Waals surface area contributed by atoms with Crippen LogP contribution in [0.25, 0.3) is 0 Å². The van der Waals surface area contributed by atoms with Crippen LogP contribution in [0.15, 0.2) is 18.2 Å². The van der Waals surface area contributed by atoms with E-state index in [4.69, 9.17) is 4.74 Å². The predicted octanol–water partition coefficient (Wildman–Crippen LogP) is 3.98. The van der Waals surface area contributed by atoms with Crippen LogP contribution in [-0.2, 0) is 16.6 Å². The van der Waals surface area contributed by atoms with E-state index >= 15 is 0 Å².